The lowest BCUT2D eigenvalue weighted by Gasteiger charge is -1.81. The van der Waals surface area contributed by atoms with Crippen molar-refractivity contribution >= 4 is 16.5 Å². The Labute approximate surface area is 57.9 Å². The third-order valence-electron chi connectivity index (χ3n) is 1.54. The summed E-state index contributed by atoms with van der Waals surface area (Å²) in [4.78, 5) is 0. The summed E-state index contributed by atoms with van der Waals surface area (Å²) in [5.74, 6) is 0.749. The van der Waals surface area contributed by atoms with Crippen LogP contribution < -0.4 is 5.73 Å². The predicted octanol–water partition coefficient (Wildman–Crippen LogP) is 1.60. The summed E-state index contributed by atoms with van der Waals surface area (Å²) in [5.41, 5.74) is 6.71. The Morgan fingerprint density at radius 1 is 1.67 bits per heavy atom. The van der Waals surface area contributed by atoms with E-state index in [1.807, 2.05) is 6.07 Å². The summed E-state index contributed by atoms with van der Waals surface area (Å²) in [5, 5.41) is 0.844. The fourth-order valence-electron chi connectivity index (χ4n) is 0.875. The molecule has 9 heavy (non-hydrogen) atoms. The lowest BCUT2D eigenvalue weighted by atomic mass is 10.3. The van der Waals surface area contributed by atoms with Crippen LogP contribution in [0.3, 0.4) is 0 Å². The van der Waals surface area contributed by atoms with Crippen LogP contribution in [0, 0.1) is 0 Å². The maximum atomic E-state index is 5.50. The van der Waals surface area contributed by atoms with E-state index >= 15 is 0 Å². The van der Waals surface area contributed by atoms with Gasteiger partial charge in [-0.25, -0.2) is 0 Å². The highest BCUT2D eigenvalue weighted by Gasteiger charge is 2.25. The van der Waals surface area contributed by atoms with E-state index in [1.165, 1.54) is 30.1 Å². The third kappa shape index (κ3) is 0.920. The smallest absolute Gasteiger partial charge is 0.107 e. The van der Waals surface area contributed by atoms with Gasteiger partial charge in [0.05, 0.1) is 5.69 Å². The molecule has 0 radical (unpaired) electrons. The van der Waals surface area contributed by atoms with E-state index in [-0.39, 0.29) is 0 Å². The Balaban J connectivity index is 2.28. The van der Waals surface area contributed by atoms with Crippen molar-refractivity contribution in [3.63, 3.8) is 0 Å². The number of aromatic nitrogens is 1. The SMILES string of the molecule is Nc1cc(C2CC2)ns1. The minimum atomic E-state index is 0.749. The van der Waals surface area contributed by atoms with Crippen LogP contribution in [-0.4, -0.2) is 4.37 Å². The van der Waals surface area contributed by atoms with Gasteiger partial charge in [0.25, 0.3) is 0 Å². The number of nitrogens with two attached hydrogens (primary N) is 1. The van der Waals surface area contributed by atoms with Gasteiger partial charge in [-0.3, -0.25) is 0 Å². The van der Waals surface area contributed by atoms with Crippen molar-refractivity contribution in [2.24, 2.45) is 0 Å². The molecule has 1 fully saturated rings. The van der Waals surface area contributed by atoms with Gasteiger partial charge in [-0.05, 0) is 30.4 Å². The molecule has 0 aromatic carbocycles. The van der Waals surface area contributed by atoms with Crippen LogP contribution in [-0.2, 0) is 0 Å². The summed E-state index contributed by atoms with van der Waals surface area (Å²) in [6.07, 6.45) is 2.62. The molecule has 0 amide bonds. The molecule has 1 aliphatic carbocycles. The first kappa shape index (κ1) is 5.23. The van der Waals surface area contributed by atoms with Crippen LogP contribution >= 0.6 is 11.5 Å². The van der Waals surface area contributed by atoms with E-state index in [9.17, 15) is 0 Å². The van der Waals surface area contributed by atoms with E-state index in [0.717, 1.165) is 10.9 Å². The highest BCUT2D eigenvalue weighted by Crippen LogP contribution is 2.40. The molecule has 2 nitrogen and oxygen atoms in total. The Hall–Kier alpha value is -0.570. The number of rotatable bonds is 1. The maximum Gasteiger partial charge on any atom is 0.107 e. The van der Waals surface area contributed by atoms with E-state index in [4.69, 9.17) is 5.73 Å². The van der Waals surface area contributed by atoms with Crippen molar-refractivity contribution in [1.82, 2.24) is 4.37 Å². The van der Waals surface area contributed by atoms with Gasteiger partial charge in [0, 0.05) is 5.92 Å². The number of hydrogen-bond acceptors (Lipinski definition) is 3. The summed E-state index contributed by atoms with van der Waals surface area (Å²) in [7, 11) is 0. The molecule has 0 spiro atoms. The zero-order valence-corrected chi connectivity index (χ0v) is 5.82. The highest BCUT2D eigenvalue weighted by molar-refractivity contribution is 7.10. The summed E-state index contributed by atoms with van der Waals surface area (Å²) >= 11 is 1.40. The van der Waals surface area contributed by atoms with Crippen molar-refractivity contribution in [3.05, 3.63) is 11.8 Å². The maximum absolute atomic E-state index is 5.50. The molecule has 48 valence electrons. The van der Waals surface area contributed by atoms with Crippen molar-refractivity contribution in [3.8, 4) is 0 Å². The molecule has 2 rings (SSSR count). The lowest BCUT2D eigenvalue weighted by molar-refractivity contribution is 1.08. The number of nitrogen functional groups attached to an aromatic ring is 1. The van der Waals surface area contributed by atoms with Crippen LogP contribution in [0.2, 0.25) is 0 Å². The Morgan fingerprint density at radius 3 is 2.89 bits per heavy atom. The first-order valence-electron chi connectivity index (χ1n) is 3.08. The van der Waals surface area contributed by atoms with Crippen LogP contribution in [0.5, 0.6) is 0 Å². The molecular formula is C6H8N2S. The minimum Gasteiger partial charge on any atom is -0.389 e. The summed E-state index contributed by atoms with van der Waals surface area (Å²) < 4.78 is 4.19. The van der Waals surface area contributed by atoms with E-state index < -0.39 is 0 Å². The van der Waals surface area contributed by atoms with Gasteiger partial charge in [0.1, 0.15) is 5.00 Å². The Kier molecular flexibility index (Phi) is 0.990. The van der Waals surface area contributed by atoms with Crippen molar-refractivity contribution in [2.45, 2.75) is 18.8 Å². The van der Waals surface area contributed by atoms with Crippen molar-refractivity contribution < 1.29 is 0 Å². The molecule has 1 aromatic rings. The average Bonchev–Trinajstić information content (AvgIpc) is 2.58. The normalized spacial score (nSPS) is 18.2. The minimum absolute atomic E-state index is 0.749. The lowest BCUT2D eigenvalue weighted by Crippen LogP contribution is -1.76. The third-order valence-corrected chi connectivity index (χ3v) is 2.17. The van der Waals surface area contributed by atoms with Crippen LogP contribution in [0.4, 0.5) is 5.00 Å². The number of anilines is 1. The molecule has 1 saturated carbocycles. The van der Waals surface area contributed by atoms with Gasteiger partial charge in [-0.2, -0.15) is 4.37 Å². The zero-order valence-electron chi connectivity index (χ0n) is 5.00. The van der Waals surface area contributed by atoms with Gasteiger partial charge < -0.3 is 5.73 Å². The number of hydrogen-bond donors (Lipinski definition) is 1. The molecule has 1 heterocycles. The molecule has 0 aliphatic heterocycles. The van der Waals surface area contributed by atoms with Crippen LogP contribution in [0.1, 0.15) is 24.5 Å². The standard InChI is InChI=1S/C6H8N2S/c7-6-3-5(8-9-6)4-1-2-4/h3-4H,1-2,7H2. The Morgan fingerprint density at radius 2 is 2.44 bits per heavy atom. The van der Waals surface area contributed by atoms with E-state index in [1.54, 1.807) is 0 Å². The molecular weight excluding hydrogens is 132 g/mol. The van der Waals surface area contributed by atoms with E-state index in [0.29, 0.717) is 0 Å². The number of nitrogens with zero attached hydrogens (tertiary/aromatic N) is 1. The topological polar surface area (TPSA) is 38.9 Å². The first-order valence-corrected chi connectivity index (χ1v) is 3.85. The predicted molar refractivity (Wildman–Crippen MR) is 38.5 cm³/mol. The van der Waals surface area contributed by atoms with Gasteiger partial charge in [-0.15, -0.1) is 0 Å². The summed E-state index contributed by atoms with van der Waals surface area (Å²) in [6.45, 7) is 0. The van der Waals surface area contributed by atoms with Crippen LogP contribution in [0.25, 0.3) is 0 Å². The Bertz CT molecular complexity index is 215. The molecule has 0 saturated heterocycles. The monoisotopic (exact) mass is 140 g/mol. The van der Waals surface area contributed by atoms with Crippen molar-refractivity contribution in [1.29, 1.82) is 0 Å². The molecule has 0 unspecified atom stereocenters. The molecule has 2 N–H and O–H groups in total. The quantitative estimate of drug-likeness (QED) is 0.643. The molecule has 0 bridgehead atoms. The molecule has 3 heteroatoms. The van der Waals surface area contributed by atoms with Crippen molar-refractivity contribution in [2.75, 3.05) is 5.73 Å². The van der Waals surface area contributed by atoms with Crippen LogP contribution in [0.15, 0.2) is 6.07 Å². The molecule has 1 aliphatic rings. The van der Waals surface area contributed by atoms with Gasteiger partial charge in [0.15, 0.2) is 0 Å². The first-order chi connectivity index (χ1) is 4.36. The van der Waals surface area contributed by atoms with E-state index in [2.05, 4.69) is 4.37 Å². The fraction of sp³-hybridized carbons (Fsp3) is 0.500. The summed E-state index contributed by atoms with van der Waals surface area (Å²) in [6, 6.07) is 1.99. The highest BCUT2D eigenvalue weighted by atomic mass is 32.1. The average molecular weight is 140 g/mol. The van der Waals surface area contributed by atoms with Gasteiger partial charge in [-0.1, -0.05) is 0 Å². The molecule has 1 aromatic heterocycles. The fourth-order valence-corrected chi connectivity index (χ4v) is 1.46. The largest absolute Gasteiger partial charge is 0.389 e. The van der Waals surface area contributed by atoms with Gasteiger partial charge in [0.2, 0.25) is 0 Å². The van der Waals surface area contributed by atoms with Gasteiger partial charge >= 0.3 is 0 Å². The zero-order chi connectivity index (χ0) is 6.27. The second-order valence-electron chi connectivity index (χ2n) is 2.43. The second kappa shape index (κ2) is 1.70. The molecule has 0 atom stereocenters. The second-order valence-corrected chi connectivity index (χ2v) is 3.26.